The Balaban J connectivity index is 2.13. The van der Waals surface area contributed by atoms with E-state index in [1.165, 1.54) is 29.7 Å². The molecule has 0 unspecified atom stereocenters. The lowest BCUT2D eigenvalue weighted by atomic mass is 9.97. The molecule has 2 aromatic rings. The minimum Gasteiger partial charge on any atom is -0.331 e. The molecule has 1 aromatic carbocycles. The maximum Gasteiger partial charge on any atom is 0.112 e. The molecule has 1 aliphatic rings. The molecule has 1 N–H and O–H groups in total. The maximum absolute atomic E-state index is 4.89. The van der Waals surface area contributed by atoms with E-state index in [9.17, 15) is 0 Å². The van der Waals surface area contributed by atoms with Crippen molar-refractivity contribution in [2.75, 3.05) is 13.1 Å². The predicted molar refractivity (Wildman–Crippen MR) is 78.0 cm³/mol. The molecule has 3 nitrogen and oxygen atoms in total. The van der Waals surface area contributed by atoms with Crippen molar-refractivity contribution < 1.29 is 0 Å². The number of nitrogens with zero attached hydrogens (tertiary/aromatic N) is 2. The highest BCUT2D eigenvalue weighted by Gasteiger charge is 2.21. The van der Waals surface area contributed by atoms with Crippen LogP contribution in [0.25, 0.3) is 11.0 Å². The van der Waals surface area contributed by atoms with Crippen molar-refractivity contribution in [2.24, 2.45) is 7.05 Å². The molecule has 1 aromatic heterocycles. The summed E-state index contributed by atoms with van der Waals surface area (Å²) >= 11 is 3.57. The highest BCUT2D eigenvalue weighted by Crippen LogP contribution is 2.30. The Morgan fingerprint density at radius 2 is 2.06 bits per heavy atom. The van der Waals surface area contributed by atoms with E-state index in [4.69, 9.17) is 4.98 Å². The molecule has 0 spiro atoms. The van der Waals surface area contributed by atoms with Crippen molar-refractivity contribution >= 4 is 27.0 Å². The lowest BCUT2D eigenvalue weighted by Crippen LogP contribution is -2.27. The normalized spacial score (nSPS) is 17.5. The van der Waals surface area contributed by atoms with Gasteiger partial charge >= 0.3 is 0 Å². The van der Waals surface area contributed by atoms with Gasteiger partial charge in [0.25, 0.3) is 0 Å². The van der Waals surface area contributed by atoms with Gasteiger partial charge in [0.2, 0.25) is 0 Å². The van der Waals surface area contributed by atoms with Crippen LogP contribution in [0.15, 0.2) is 16.6 Å². The molecule has 1 fully saturated rings. The highest BCUT2D eigenvalue weighted by molar-refractivity contribution is 9.10. The zero-order valence-electron chi connectivity index (χ0n) is 10.8. The number of aryl methyl sites for hydroxylation is 2. The van der Waals surface area contributed by atoms with Crippen molar-refractivity contribution in [3.8, 4) is 0 Å². The number of rotatable bonds is 1. The first kappa shape index (κ1) is 12.2. The fourth-order valence-electron chi connectivity index (χ4n) is 2.88. The molecule has 3 rings (SSSR count). The third-order valence-corrected chi connectivity index (χ3v) is 4.34. The molecule has 0 saturated carbocycles. The molecule has 96 valence electrons. The second-order valence-corrected chi connectivity index (χ2v) is 6.06. The summed E-state index contributed by atoms with van der Waals surface area (Å²) in [4.78, 5) is 4.89. The summed E-state index contributed by atoms with van der Waals surface area (Å²) in [6.45, 7) is 4.35. The molecule has 2 heterocycles. The number of halogens is 1. The number of aromatic nitrogens is 2. The fourth-order valence-corrected chi connectivity index (χ4v) is 3.44. The smallest absolute Gasteiger partial charge is 0.112 e. The van der Waals surface area contributed by atoms with Crippen molar-refractivity contribution in [3.05, 3.63) is 28.0 Å². The van der Waals surface area contributed by atoms with Gasteiger partial charge in [0.1, 0.15) is 5.82 Å². The van der Waals surface area contributed by atoms with Crippen LogP contribution in [0.3, 0.4) is 0 Å². The summed E-state index contributed by atoms with van der Waals surface area (Å²) in [6.07, 6.45) is 2.38. The van der Waals surface area contributed by atoms with Gasteiger partial charge in [-0.2, -0.15) is 0 Å². The second kappa shape index (κ2) is 4.67. The SMILES string of the molecule is Cc1cc(Br)cc2c1nc(C1CCNCC1)n2C. The van der Waals surface area contributed by atoms with E-state index in [1.807, 2.05) is 0 Å². The molecule has 0 radical (unpaired) electrons. The Bertz CT molecular complexity index is 582. The zero-order chi connectivity index (χ0) is 12.7. The fraction of sp³-hybridized carbons (Fsp3) is 0.500. The van der Waals surface area contributed by atoms with Crippen LogP contribution in [-0.2, 0) is 7.05 Å². The molecule has 1 saturated heterocycles. The second-order valence-electron chi connectivity index (χ2n) is 5.14. The molecular formula is C14H18BrN3. The van der Waals surface area contributed by atoms with Gasteiger partial charge in [-0.1, -0.05) is 15.9 Å². The molecule has 0 aliphatic carbocycles. The van der Waals surface area contributed by atoms with Crippen molar-refractivity contribution in [1.29, 1.82) is 0 Å². The maximum atomic E-state index is 4.89. The lowest BCUT2D eigenvalue weighted by Gasteiger charge is -2.22. The third-order valence-electron chi connectivity index (χ3n) is 3.88. The van der Waals surface area contributed by atoms with Crippen LogP contribution in [-0.4, -0.2) is 22.6 Å². The Kier molecular flexibility index (Phi) is 3.16. The highest BCUT2D eigenvalue weighted by atomic mass is 79.9. The summed E-state index contributed by atoms with van der Waals surface area (Å²) in [5.41, 5.74) is 3.62. The molecule has 4 heteroatoms. The van der Waals surface area contributed by atoms with Crippen molar-refractivity contribution in [1.82, 2.24) is 14.9 Å². The van der Waals surface area contributed by atoms with Crippen LogP contribution in [0, 0.1) is 6.92 Å². The van der Waals surface area contributed by atoms with E-state index < -0.39 is 0 Å². The van der Waals surface area contributed by atoms with Gasteiger partial charge in [0.15, 0.2) is 0 Å². The first-order valence-electron chi connectivity index (χ1n) is 6.50. The number of nitrogens with one attached hydrogen (secondary N) is 1. The molecule has 0 amide bonds. The Hall–Kier alpha value is -0.870. The lowest BCUT2D eigenvalue weighted by molar-refractivity contribution is 0.438. The summed E-state index contributed by atoms with van der Waals surface area (Å²) in [6, 6.07) is 4.31. The van der Waals surface area contributed by atoms with E-state index >= 15 is 0 Å². The van der Waals surface area contributed by atoms with Crippen LogP contribution < -0.4 is 5.32 Å². The Labute approximate surface area is 116 Å². The number of imidazole rings is 1. The molecule has 0 atom stereocenters. The average molecular weight is 308 g/mol. The van der Waals surface area contributed by atoms with E-state index in [1.54, 1.807) is 0 Å². The summed E-state index contributed by atoms with van der Waals surface area (Å²) in [5, 5.41) is 3.41. The van der Waals surface area contributed by atoms with Gasteiger partial charge in [-0.15, -0.1) is 0 Å². The van der Waals surface area contributed by atoms with E-state index in [2.05, 4.69) is 51.9 Å². The van der Waals surface area contributed by atoms with Crippen molar-refractivity contribution in [3.63, 3.8) is 0 Å². The monoisotopic (exact) mass is 307 g/mol. The molecular weight excluding hydrogens is 290 g/mol. The quantitative estimate of drug-likeness (QED) is 0.877. The number of hydrogen-bond donors (Lipinski definition) is 1. The van der Waals surface area contributed by atoms with Gasteiger partial charge in [-0.3, -0.25) is 0 Å². The van der Waals surface area contributed by atoms with Gasteiger partial charge in [0, 0.05) is 17.4 Å². The number of fused-ring (bicyclic) bond motifs is 1. The molecule has 18 heavy (non-hydrogen) atoms. The minimum absolute atomic E-state index is 0.599. The third kappa shape index (κ3) is 1.97. The van der Waals surface area contributed by atoms with E-state index in [0.717, 1.165) is 23.1 Å². The first-order valence-corrected chi connectivity index (χ1v) is 7.29. The minimum atomic E-state index is 0.599. The van der Waals surface area contributed by atoms with Gasteiger partial charge in [0.05, 0.1) is 11.0 Å². The molecule has 0 bridgehead atoms. The predicted octanol–water partition coefficient (Wildman–Crippen LogP) is 3.11. The van der Waals surface area contributed by atoms with Crippen LogP contribution >= 0.6 is 15.9 Å². The van der Waals surface area contributed by atoms with Gasteiger partial charge in [-0.25, -0.2) is 4.98 Å². The summed E-state index contributed by atoms with van der Waals surface area (Å²) in [7, 11) is 2.14. The van der Waals surface area contributed by atoms with Crippen LogP contribution in [0.2, 0.25) is 0 Å². The summed E-state index contributed by atoms with van der Waals surface area (Å²) < 4.78 is 3.40. The van der Waals surface area contributed by atoms with E-state index in [0.29, 0.717) is 5.92 Å². The van der Waals surface area contributed by atoms with Gasteiger partial charge in [-0.05, 0) is 50.6 Å². The van der Waals surface area contributed by atoms with E-state index in [-0.39, 0.29) is 0 Å². The molecule has 1 aliphatic heterocycles. The number of hydrogen-bond acceptors (Lipinski definition) is 2. The number of benzene rings is 1. The number of piperidine rings is 1. The zero-order valence-corrected chi connectivity index (χ0v) is 12.4. The van der Waals surface area contributed by atoms with Crippen molar-refractivity contribution in [2.45, 2.75) is 25.7 Å². The largest absolute Gasteiger partial charge is 0.331 e. The average Bonchev–Trinajstić information content (AvgIpc) is 2.69. The summed E-state index contributed by atoms with van der Waals surface area (Å²) in [5.74, 6) is 1.84. The van der Waals surface area contributed by atoms with Crippen LogP contribution in [0.5, 0.6) is 0 Å². The Morgan fingerprint density at radius 3 is 2.78 bits per heavy atom. The van der Waals surface area contributed by atoms with Crippen LogP contribution in [0.1, 0.15) is 30.1 Å². The standard InChI is InChI=1S/C14H18BrN3/c1-9-7-11(15)8-12-13(9)17-14(18(12)2)10-3-5-16-6-4-10/h7-8,10,16H,3-6H2,1-2H3. The van der Waals surface area contributed by atoms with Gasteiger partial charge < -0.3 is 9.88 Å². The first-order chi connectivity index (χ1) is 8.66. The van der Waals surface area contributed by atoms with Crippen LogP contribution in [0.4, 0.5) is 0 Å². The topological polar surface area (TPSA) is 29.9 Å². The Morgan fingerprint density at radius 1 is 1.33 bits per heavy atom.